The van der Waals surface area contributed by atoms with Crippen molar-refractivity contribution in [3.63, 3.8) is 0 Å². The third-order valence-corrected chi connectivity index (χ3v) is 3.36. The summed E-state index contributed by atoms with van der Waals surface area (Å²) >= 11 is 0. The van der Waals surface area contributed by atoms with Gasteiger partial charge in [0, 0.05) is 18.6 Å². The first-order chi connectivity index (χ1) is 9.37. The SMILES string of the molecule is Cc1nc2cc(CN3OCC(C)(C)C3=O)c(F)cc2o1. The molecule has 0 unspecified atom stereocenters. The van der Waals surface area contributed by atoms with Crippen molar-refractivity contribution < 1.29 is 18.4 Å². The predicted octanol–water partition coefficient (Wildman–Crippen LogP) is 2.58. The normalized spacial score (nSPS) is 18.2. The van der Waals surface area contributed by atoms with Crippen LogP contribution >= 0.6 is 0 Å². The molecule has 106 valence electrons. The molecule has 0 saturated carbocycles. The van der Waals surface area contributed by atoms with E-state index in [0.29, 0.717) is 29.2 Å². The molecule has 1 aliphatic rings. The van der Waals surface area contributed by atoms with Crippen LogP contribution in [0.5, 0.6) is 0 Å². The average Bonchev–Trinajstić information content (AvgIpc) is 2.83. The molecule has 1 saturated heterocycles. The zero-order chi connectivity index (χ0) is 14.5. The summed E-state index contributed by atoms with van der Waals surface area (Å²) in [6.07, 6.45) is 0. The molecule has 20 heavy (non-hydrogen) atoms. The number of aryl methyl sites for hydroxylation is 1. The Balaban J connectivity index is 1.91. The summed E-state index contributed by atoms with van der Waals surface area (Å²) in [5.74, 6) is -0.103. The van der Waals surface area contributed by atoms with Crippen molar-refractivity contribution in [2.24, 2.45) is 5.41 Å². The standard InChI is InChI=1S/C14H15FN2O3/c1-8-16-11-4-9(10(15)5-12(11)20-8)6-17-13(18)14(2,3)7-19-17/h4-5H,6-7H2,1-3H3. The number of rotatable bonds is 2. The van der Waals surface area contributed by atoms with Crippen LogP contribution in [0.25, 0.3) is 11.1 Å². The molecule has 2 heterocycles. The first-order valence-electron chi connectivity index (χ1n) is 6.37. The largest absolute Gasteiger partial charge is 0.441 e. The van der Waals surface area contributed by atoms with Gasteiger partial charge in [0.2, 0.25) is 0 Å². The molecule has 6 heteroatoms. The third-order valence-electron chi connectivity index (χ3n) is 3.36. The van der Waals surface area contributed by atoms with E-state index < -0.39 is 11.2 Å². The lowest BCUT2D eigenvalue weighted by Crippen LogP contribution is -2.30. The number of amides is 1. The Hall–Kier alpha value is -1.95. The molecular formula is C14H15FN2O3. The van der Waals surface area contributed by atoms with Crippen molar-refractivity contribution in [1.29, 1.82) is 0 Å². The van der Waals surface area contributed by atoms with Crippen LogP contribution in [0.3, 0.4) is 0 Å². The number of benzene rings is 1. The number of oxazole rings is 1. The molecule has 0 atom stereocenters. The number of hydrogen-bond donors (Lipinski definition) is 0. The molecule has 1 aromatic heterocycles. The van der Waals surface area contributed by atoms with Crippen LogP contribution in [0.15, 0.2) is 16.5 Å². The third kappa shape index (κ3) is 2.06. The lowest BCUT2D eigenvalue weighted by molar-refractivity contribution is -0.165. The number of hydroxylamine groups is 2. The first kappa shape index (κ1) is 13.1. The molecule has 0 N–H and O–H groups in total. The summed E-state index contributed by atoms with van der Waals surface area (Å²) in [4.78, 5) is 21.5. The lowest BCUT2D eigenvalue weighted by atomic mass is 9.95. The second-order valence-electron chi connectivity index (χ2n) is 5.64. The highest BCUT2D eigenvalue weighted by molar-refractivity contribution is 5.82. The fourth-order valence-electron chi connectivity index (χ4n) is 2.20. The highest BCUT2D eigenvalue weighted by Crippen LogP contribution is 2.29. The Kier molecular flexibility index (Phi) is 2.79. The van der Waals surface area contributed by atoms with Crippen molar-refractivity contribution >= 4 is 17.0 Å². The fraction of sp³-hybridized carbons (Fsp3) is 0.429. The Labute approximate surface area is 115 Å². The van der Waals surface area contributed by atoms with Crippen molar-refractivity contribution in [3.8, 4) is 0 Å². The molecule has 5 nitrogen and oxygen atoms in total. The molecule has 0 bridgehead atoms. The summed E-state index contributed by atoms with van der Waals surface area (Å²) in [6.45, 7) is 5.67. The van der Waals surface area contributed by atoms with E-state index in [2.05, 4.69) is 4.98 Å². The molecule has 3 rings (SSSR count). The van der Waals surface area contributed by atoms with Crippen molar-refractivity contribution in [2.75, 3.05) is 6.61 Å². The summed E-state index contributed by atoms with van der Waals surface area (Å²) in [7, 11) is 0. The molecule has 0 radical (unpaired) electrons. The van der Waals surface area contributed by atoms with Crippen molar-refractivity contribution in [2.45, 2.75) is 27.3 Å². The minimum absolute atomic E-state index is 0.0654. The lowest BCUT2D eigenvalue weighted by Gasteiger charge is -2.16. The molecular weight excluding hydrogens is 263 g/mol. The number of carbonyl (C=O) groups excluding carboxylic acids is 1. The maximum atomic E-state index is 14.0. The van der Waals surface area contributed by atoms with Gasteiger partial charge in [0.25, 0.3) is 5.91 Å². The quantitative estimate of drug-likeness (QED) is 0.847. The van der Waals surface area contributed by atoms with E-state index in [9.17, 15) is 9.18 Å². The van der Waals surface area contributed by atoms with Gasteiger partial charge in [0.1, 0.15) is 11.3 Å². The number of halogens is 1. The summed E-state index contributed by atoms with van der Waals surface area (Å²) in [6, 6.07) is 2.87. The molecule has 1 amide bonds. The van der Waals surface area contributed by atoms with Gasteiger partial charge >= 0.3 is 0 Å². The molecule has 1 aromatic carbocycles. The number of aromatic nitrogens is 1. The summed E-state index contributed by atoms with van der Waals surface area (Å²) in [5, 5.41) is 1.21. The van der Waals surface area contributed by atoms with E-state index in [0.717, 1.165) is 0 Å². The van der Waals surface area contributed by atoms with E-state index in [-0.39, 0.29) is 12.5 Å². The van der Waals surface area contributed by atoms with E-state index in [1.807, 2.05) is 0 Å². The highest BCUT2D eigenvalue weighted by atomic mass is 19.1. The van der Waals surface area contributed by atoms with Crippen LogP contribution in [0.1, 0.15) is 25.3 Å². The van der Waals surface area contributed by atoms with Gasteiger partial charge < -0.3 is 4.42 Å². The van der Waals surface area contributed by atoms with Gasteiger partial charge in [-0.2, -0.15) is 0 Å². The van der Waals surface area contributed by atoms with Gasteiger partial charge in [-0.15, -0.1) is 0 Å². The van der Waals surface area contributed by atoms with Crippen LogP contribution in [-0.2, 0) is 16.2 Å². The maximum Gasteiger partial charge on any atom is 0.254 e. The van der Waals surface area contributed by atoms with Gasteiger partial charge in [0.15, 0.2) is 11.5 Å². The van der Waals surface area contributed by atoms with Crippen molar-refractivity contribution in [1.82, 2.24) is 10.0 Å². The highest BCUT2D eigenvalue weighted by Gasteiger charge is 2.40. The van der Waals surface area contributed by atoms with Gasteiger partial charge in [-0.1, -0.05) is 0 Å². The van der Waals surface area contributed by atoms with Crippen LogP contribution < -0.4 is 0 Å². The Bertz CT molecular complexity index is 693. The van der Waals surface area contributed by atoms with Gasteiger partial charge in [0.05, 0.1) is 18.6 Å². The number of hydrogen-bond acceptors (Lipinski definition) is 4. The minimum atomic E-state index is -0.564. The predicted molar refractivity (Wildman–Crippen MR) is 69.0 cm³/mol. The number of nitrogens with zero attached hydrogens (tertiary/aromatic N) is 2. The zero-order valence-corrected chi connectivity index (χ0v) is 11.6. The Morgan fingerprint density at radius 1 is 1.45 bits per heavy atom. The van der Waals surface area contributed by atoms with E-state index in [1.165, 1.54) is 11.1 Å². The minimum Gasteiger partial charge on any atom is -0.441 e. The van der Waals surface area contributed by atoms with Crippen LogP contribution in [0.4, 0.5) is 4.39 Å². The fourth-order valence-corrected chi connectivity index (χ4v) is 2.20. The Morgan fingerprint density at radius 3 is 2.85 bits per heavy atom. The molecule has 0 aliphatic carbocycles. The molecule has 1 aliphatic heterocycles. The molecule has 1 fully saturated rings. The van der Waals surface area contributed by atoms with Crippen LogP contribution in [-0.4, -0.2) is 22.6 Å². The summed E-state index contributed by atoms with van der Waals surface area (Å²) in [5.41, 5.74) is 0.768. The Morgan fingerprint density at radius 2 is 2.20 bits per heavy atom. The second-order valence-corrected chi connectivity index (χ2v) is 5.64. The summed E-state index contributed by atoms with van der Waals surface area (Å²) < 4.78 is 19.3. The number of carbonyl (C=O) groups is 1. The van der Waals surface area contributed by atoms with Gasteiger partial charge in [-0.05, 0) is 19.9 Å². The van der Waals surface area contributed by atoms with Crippen LogP contribution in [0, 0.1) is 18.2 Å². The van der Waals surface area contributed by atoms with E-state index >= 15 is 0 Å². The topological polar surface area (TPSA) is 55.6 Å². The van der Waals surface area contributed by atoms with Gasteiger partial charge in [-0.25, -0.2) is 14.4 Å². The smallest absolute Gasteiger partial charge is 0.254 e. The van der Waals surface area contributed by atoms with Crippen molar-refractivity contribution in [3.05, 3.63) is 29.4 Å². The zero-order valence-electron chi connectivity index (χ0n) is 11.6. The van der Waals surface area contributed by atoms with E-state index in [1.54, 1.807) is 26.8 Å². The van der Waals surface area contributed by atoms with Gasteiger partial charge in [-0.3, -0.25) is 9.63 Å². The number of fused-ring (bicyclic) bond motifs is 1. The maximum absolute atomic E-state index is 14.0. The first-order valence-corrected chi connectivity index (χ1v) is 6.37. The van der Waals surface area contributed by atoms with E-state index in [4.69, 9.17) is 9.25 Å². The average molecular weight is 278 g/mol. The monoisotopic (exact) mass is 278 g/mol. The van der Waals surface area contributed by atoms with Crippen LogP contribution in [0.2, 0.25) is 0 Å². The second kappa shape index (κ2) is 4.28. The molecule has 0 spiro atoms. The molecule has 2 aromatic rings.